The van der Waals surface area contributed by atoms with Crippen molar-refractivity contribution in [3.05, 3.63) is 66.3 Å². The number of benzene rings is 1. The molecule has 1 aromatic carbocycles. The summed E-state index contributed by atoms with van der Waals surface area (Å²) in [5.74, 6) is 0. The molecule has 1 atom stereocenters. The minimum atomic E-state index is 0.0681. The molecule has 0 bridgehead atoms. The molecule has 0 saturated carbocycles. The highest BCUT2D eigenvalue weighted by atomic mass is 14.3. The average Bonchev–Trinajstić information content (AvgIpc) is 2.40. The van der Waals surface area contributed by atoms with E-state index < -0.39 is 0 Å². The first-order valence-corrected chi connectivity index (χ1v) is 6.79. The molecule has 0 fully saturated rings. The highest BCUT2D eigenvalue weighted by molar-refractivity contribution is 5.72. The van der Waals surface area contributed by atoms with Gasteiger partial charge in [0.2, 0.25) is 0 Å². The molecule has 1 aliphatic rings. The van der Waals surface area contributed by atoms with Crippen LogP contribution in [0.4, 0.5) is 0 Å². The largest absolute Gasteiger partial charge is 0.0943 e. The maximum Gasteiger partial charge on any atom is 0.0141 e. The molecule has 1 aromatic rings. The van der Waals surface area contributed by atoms with Crippen LogP contribution in [0.5, 0.6) is 0 Å². The lowest BCUT2D eigenvalue weighted by molar-refractivity contribution is 0.578. The molecule has 0 heteroatoms. The molecule has 0 aliphatic heterocycles. The summed E-state index contributed by atoms with van der Waals surface area (Å²) in [6, 6.07) is 8.69. The SMILES string of the molecule is C=C(c1ccccc1CCC)C1(C)C=CC=CC1. The van der Waals surface area contributed by atoms with E-state index in [4.69, 9.17) is 0 Å². The summed E-state index contributed by atoms with van der Waals surface area (Å²) in [5, 5.41) is 0. The minimum absolute atomic E-state index is 0.0681. The first-order valence-electron chi connectivity index (χ1n) is 6.79. The van der Waals surface area contributed by atoms with Gasteiger partial charge in [0, 0.05) is 5.41 Å². The Hall–Kier alpha value is -1.56. The fourth-order valence-electron chi connectivity index (χ4n) is 2.56. The third-order valence-corrected chi connectivity index (χ3v) is 3.80. The summed E-state index contributed by atoms with van der Waals surface area (Å²) < 4.78 is 0. The number of aryl methyl sites for hydroxylation is 1. The number of rotatable bonds is 4. The van der Waals surface area contributed by atoms with Crippen LogP contribution in [0.15, 0.2) is 55.1 Å². The summed E-state index contributed by atoms with van der Waals surface area (Å²) in [6.07, 6.45) is 12.1. The van der Waals surface area contributed by atoms with E-state index >= 15 is 0 Å². The lowest BCUT2D eigenvalue weighted by atomic mass is 9.74. The van der Waals surface area contributed by atoms with E-state index in [1.54, 1.807) is 0 Å². The smallest absolute Gasteiger partial charge is 0.0141 e. The van der Waals surface area contributed by atoms with E-state index in [9.17, 15) is 0 Å². The van der Waals surface area contributed by atoms with Gasteiger partial charge in [0.1, 0.15) is 0 Å². The van der Waals surface area contributed by atoms with E-state index in [-0.39, 0.29) is 5.41 Å². The molecule has 18 heavy (non-hydrogen) atoms. The molecular weight excluding hydrogens is 216 g/mol. The first-order chi connectivity index (χ1) is 8.67. The van der Waals surface area contributed by atoms with Crippen molar-refractivity contribution >= 4 is 5.57 Å². The van der Waals surface area contributed by atoms with Crippen molar-refractivity contribution in [2.75, 3.05) is 0 Å². The van der Waals surface area contributed by atoms with E-state index in [1.807, 2.05) is 0 Å². The Bertz CT molecular complexity index is 491. The van der Waals surface area contributed by atoms with Gasteiger partial charge >= 0.3 is 0 Å². The Morgan fingerprint density at radius 2 is 2.06 bits per heavy atom. The van der Waals surface area contributed by atoms with Crippen molar-refractivity contribution in [1.29, 1.82) is 0 Å². The lowest BCUT2D eigenvalue weighted by Crippen LogP contribution is -2.16. The summed E-state index contributed by atoms with van der Waals surface area (Å²) in [7, 11) is 0. The van der Waals surface area contributed by atoms with Crippen molar-refractivity contribution in [3.63, 3.8) is 0 Å². The van der Waals surface area contributed by atoms with Crippen LogP contribution in [-0.2, 0) is 6.42 Å². The maximum atomic E-state index is 4.38. The summed E-state index contributed by atoms with van der Waals surface area (Å²) >= 11 is 0. The molecule has 1 aliphatic carbocycles. The molecule has 0 amide bonds. The zero-order valence-corrected chi connectivity index (χ0v) is 11.4. The Morgan fingerprint density at radius 1 is 1.28 bits per heavy atom. The van der Waals surface area contributed by atoms with Gasteiger partial charge in [0.25, 0.3) is 0 Å². The van der Waals surface area contributed by atoms with E-state index in [1.165, 1.54) is 23.1 Å². The van der Waals surface area contributed by atoms with Gasteiger partial charge in [-0.2, -0.15) is 0 Å². The van der Waals surface area contributed by atoms with Crippen LogP contribution in [0.3, 0.4) is 0 Å². The van der Waals surface area contributed by atoms with Crippen LogP contribution in [0.25, 0.3) is 5.57 Å². The van der Waals surface area contributed by atoms with Crippen LogP contribution < -0.4 is 0 Å². The summed E-state index contributed by atoms with van der Waals surface area (Å²) in [6.45, 7) is 8.88. The molecule has 0 saturated heterocycles. The standard InChI is InChI=1S/C18H22/c1-4-10-16-11-6-7-12-17(16)15(2)18(3)13-8-5-9-14-18/h5-9,11-13H,2,4,10,14H2,1,3H3. The van der Waals surface area contributed by atoms with Crippen LogP contribution in [-0.4, -0.2) is 0 Å². The van der Waals surface area contributed by atoms with Crippen LogP contribution >= 0.6 is 0 Å². The second kappa shape index (κ2) is 5.39. The van der Waals surface area contributed by atoms with Crippen molar-refractivity contribution in [2.24, 2.45) is 5.41 Å². The van der Waals surface area contributed by atoms with Crippen LogP contribution in [0.1, 0.15) is 37.8 Å². The van der Waals surface area contributed by atoms with Gasteiger partial charge < -0.3 is 0 Å². The van der Waals surface area contributed by atoms with Crippen molar-refractivity contribution in [1.82, 2.24) is 0 Å². The van der Waals surface area contributed by atoms with Gasteiger partial charge in [-0.15, -0.1) is 0 Å². The second-order valence-corrected chi connectivity index (χ2v) is 5.29. The van der Waals surface area contributed by atoms with Gasteiger partial charge in [-0.05, 0) is 29.5 Å². The van der Waals surface area contributed by atoms with Gasteiger partial charge in [-0.25, -0.2) is 0 Å². The van der Waals surface area contributed by atoms with Gasteiger partial charge in [-0.3, -0.25) is 0 Å². The Balaban J connectivity index is 2.34. The summed E-state index contributed by atoms with van der Waals surface area (Å²) in [4.78, 5) is 0. The van der Waals surface area contributed by atoms with E-state index in [0.717, 1.165) is 12.8 Å². The van der Waals surface area contributed by atoms with Gasteiger partial charge in [0.05, 0.1) is 0 Å². The molecular formula is C18H22. The highest BCUT2D eigenvalue weighted by Gasteiger charge is 2.26. The molecule has 0 heterocycles. The molecule has 0 N–H and O–H groups in total. The molecule has 0 radical (unpaired) electrons. The molecule has 0 aromatic heterocycles. The average molecular weight is 238 g/mol. The first kappa shape index (κ1) is 12.9. The number of hydrogen-bond donors (Lipinski definition) is 0. The van der Waals surface area contributed by atoms with Gasteiger partial charge in [0.15, 0.2) is 0 Å². The Morgan fingerprint density at radius 3 is 2.72 bits per heavy atom. The lowest BCUT2D eigenvalue weighted by Gasteiger charge is -2.30. The quantitative estimate of drug-likeness (QED) is 0.678. The number of allylic oxidation sites excluding steroid dienone is 5. The molecule has 94 valence electrons. The van der Waals surface area contributed by atoms with Crippen molar-refractivity contribution in [3.8, 4) is 0 Å². The Labute approximate surface area is 111 Å². The highest BCUT2D eigenvalue weighted by Crippen LogP contribution is 2.41. The molecule has 1 unspecified atom stereocenters. The normalized spacial score (nSPS) is 22.1. The van der Waals surface area contributed by atoms with E-state index in [0.29, 0.717) is 0 Å². The van der Waals surface area contributed by atoms with Gasteiger partial charge in [-0.1, -0.05) is 75.4 Å². The van der Waals surface area contributed by atoms with Crippen LogP contribution in [0, 0.1) is 5.41 Å². The van der Waals surface area contributed by atoms with Crippen molar-refractivity contribution in [2.45, 2.75) is 33.1 Å². The van der Waals surface area contributed by atoms with E-state index in [2.05, 4.69) is 69.0 Å². The zero-order valence-electron chi connectivity index (χ0n) is 11.4. The fourth-order valence-corrected chi connectivity index (χ4v) is 2.56. The van der Waals surface area contributed by atoms with Crippen molar-refractivity contribution < 1.29 is 0 Å². The molecule has 0 spiro atoms. The molecule has 0 nitrogen and oxygen atoms in total. The molecule has 2 rings (SSSR count). The topological polar surface area (TPSA) is 0 Å². The predicted octanol–water partition coefficient (Wildman–Crippen LogP) is 5.17. The fraction of sp³-hybridized carbons (Fsp3) is 0.333. The monoisotopic (exact) mass is 238 g/mol. The predicted molar refractivity (Wildman–Crippen MR) is 80.5 cm³/mol. The minimum Gasteiger partial charge on any atom is -0.0943 e. The second-order valence-electron chi connectivity index (χ2n) is 5.29. The third kappa shape index (κ3) is 2.48. The third-order valence-electron chi connectivity index (χ3n) is 3.80. The number of hydrogen-bond acceptors (Lipinski definition) is 0. The Kier molecular flexibility index (Phi) is 3.86. The van der Waals surface area contributed by atoms with Crippen LogP contribution in [0.2, 0.25) is 0 Å². The summed E-state index contributed by atoms with van der Waals surface area (Å²) in [5.41, 5.74) is 4.07. The maximum absolute atomic E-state index is 4.38. The zero-order chi connectivity index (χ0) is 13.0.